The quantitative estimate of drug-likeness (QED) is 0.466. The summed E-state index contributed by atoms with van der Waals surface area (Å²) in [7, 11) is 0. The number of hydrogen-bond acceptors (Lipinski definition) is 6. The van der Waals surface area contributed by atoms with Crippen molar-refractivity contribution in [2.24, 2.45) is 0 Å². The van der Waals surface area contributed by atoms with Crippen molar-refractivity contribution >= 4 is 29.1 Å². The fraction of sp³-hybridized carbons (Fsp3) is 0.571. The van der Waals surface area contributed by atoms with E-state index in [1.54, 1.807) is 11.0 Å². The summed E-state index contributed by atoms with van der Waals surface area (Å²) in [5.74, 6) is 0. The number of carbonyl (C=O) groups excluding carboxylic acids is 1. The molecule has 1 amide bonds. The van der Waals surface area contributed by atoms with Crippen LogP contribution in [0, 0.1) is 10.1 Å². The van der Waals surface area contributed by atoms with Crippen molar-refractivity contribution in [3.63, 3.8) is 0 Å². The van der Waals surface area contributed by atoms with Gasteiger partial charge in [-0.2, -0.15) is 0 Å². The first-order valence-electron chi connectivity index (χ1n) is 7.21. The van der Waals surface area contributed by atoms with Gasteiger partial charge in [-0.25, -0.2) is 9.78 Å². The molecular formula is C14H19ClN4O4. The van der Waals surface area contributed by atoms with Crippen molar-refractivity contribution in [2.45, 2.75) is 26.4 Å². The van der Waals surface area contributed by atoms with Crippen molar-refractivity contribution in [1.29, 1.82) is 0 Å². The Hall–Kier alpha value is -2.09. The van der Waals surface area contributed by atoms with Gasteiger partial charge in [-0.05, 0) is 26.8 Å². The van der Waals surface area contributed by atoms with E-state index in [0.717, 1.165) is 0 Å². The molecule has 0 saturated carbocycles. The van der Waals surface area contributed by atoms with Crippen LogP contribution in [0.25, 0.3) is 0 Å². The van der Waals surface area contributed by atoms with Crippen LogP contribution >= 0.6 is 11.6 Å². The predicted octanol–water partition coefficient (Wildman–Crippen LogP) is 2.70. The first kappa shape index (κ1) is 17.3. The highest BCUT2D eigenvalue weighted by Crippen LogP contribution is 2.33. The lowest BCUT2D eigenvalue weighted by molar-refractivity contribution is -0.384. The van der Waals surface area contributed by atoms with E-state index < -0.39 is 10.5 Å². The molecule has 1 aromatic heterocycles. The van der Waals surface area contributed by atoms with Gasteiger partial charge in [0.15, 0.2) is 0 Å². The first-order chi connectivity index (χ1) is 10.7. The molecule has 8 nitrogen and oxygen atoms in total. The summed E-state index contributed by atoms with van der Waals surface area (Å²) < 4.78 is 5.33. The fourth-order valence-corrected chi connectivity index (χ4v) is 2.52. The summed E-state index contributed by atoms with van der Waals surface area (Å²) in [6.07, 6.45) is 1.06. The second kappa shape index (κ2) is 6.57. The molecule has 1 aliphatic rings. The smallest absolute Gasteiger partial charge is 0.410 e. The van der Waals surface area contributed by atoms with Crippen molar-refractivity contribution in [3.05, 3.63) is 27.5 Å². The molecule has 0 radical (unpaired) electrons. The number of aromatic nitrogens is 1. The van der Waals surface area contributed by atoms with Gasteiger partial charge < -0.3 is 14.5 Å². The van der Waals surface area contributed by atoms with Gasteiger partial charge in [0.1, 0.15) is 11.3 Å². The van der Waals surface area contributed by atoms with E-state index in [9.17, 15) is 14.9 Å². The Labute approximate surface area is 139 Å². The van der Waals surface area contributed by atoms with Gasteiger partial charge in [0.05, 0.1) is 4.92 Å². The topological polar surface area (TPSA) is 88.8 Å². The van der Waals surface area contributed by atoms with Crippen LogP contribution in [-0.4, -0.2) is 52.7 Å². The average Bonchev–Trinajstić information content (AvgIpc) is 2.45. The fourth-order valence-electron chi connectivity index (χ4n) is 2.30. The summed E-state index contributed by atoms with van der Waals surface area (Å²) in [5.41, 5.74) is -0.343. The van der Waals surface area contributed by atoms with E-state index in [0.29, 0.717) is 31.9 Å². The molecule has 0 aromatic carbocycles. The highest BCUT2D eigenvalue weighted by molar-refractivity contribution is 6.32. The molecule has 0 bridgehead atoms. The minimum Gasteiger partial charge on any atom is -0.444 e. The largest absolute Gasteiger partial charge is 0.444 e. The van der Waals surface area contributed by atoms with E-state index >= 15 is 0 Å². The molecule has 23 heavy (non-hydrogen) atoms. The Bertz CT molecular complexity index is 609. The number of hydrogen-bond donors (Lipinski definition) is 0. The number of ether oxygens (including phenoxy) is 1. The molecule has 2 rings (SSSR count). The van der Waals surface area contributed by atoms with Crippen LogP contribution in [0.15, 0.2) is 12.3 Å². The summed E-state index contributed by atoms with van der Waals surface area (Å²) in [6.45, 7) is 7.19. The molecule has 0 unspecified atom stereocenters. The molecule has 2 heterocycles. The number of nitrogens with zero attached hydrogens (tertiary/aromatic N) is 4. The third kappa shape index (κ3) is 4.22. The molecule has 0 aliphatic carbocycles. The number of piperazine rings is 1. The van der Waals surface area contributed by atoms with Crippen LogP contribution in [-0.2, 0) is 4.74 Å². The van der Waals surface area contributed by atoms with E-state index in [-0.39, 0.29) is 16.9 Å². The van der Waals surface area contributed by atoms with Gasteiger partial charge in [0, 0.05) is 32.4 Å². The zero-order valence-corrected chi connectivity index (χ0v) is 14.0. The lowest BCUT2D eigenvalue weighted by Crippen LogP contribution is -2.50. The monoisotopic (exact) mass is 342 g/mol. The second-order valence-corrected chi connectivity index (χ2v) is 6.54. The lowest BCUT2D eigenvalue weighted by Gasteiger charge is -2.36. The van der Waals surface area contributed by atoms with Crippen LogP contribution in [0.4, 0.5) is 16.2 Å². The highest BCUT2D eigenvalue weighted by Gasteiger charge is 2.30. The van der Waals surface area contributed by atoms with E-state index in [2.05, 4.69) is 4.98 Å². The standard InChI is InChI=1S/C14H19ClN4O4/c1-14(2,3)23-13(20)18-8-6-17(7-9-18)10-4-5-16-12(15)11(10)19(21)22/h4-5H,6-9H2,1-3H3. The maximum Gasteiger partial charge on any atom is 0.410 e. The third-order valence-electron chi connectivity index (χ3n) is 3.31. The van der Waals surface area contributed by atoms with Crippen molar-refractivity contribution in [3.8, 4) is 0 Å². The maximum atomic E-state index is 12.0. The Balaban J connectivity index is 2.07. The Morgan fingerprint density at radius 3 is 2.48 bits per heavy atom. The Morgan fingerprint density at radius 1 is 1.35 bits per heavy atom. The number of pyridine rings is 1. The maximum absolute atomic E-state index is 12.0. The number of anilines is 1. The Kier molecular flexibility index (Phi) is 4.93. The summed E-state index contributed by atoms with van der Waals surface area (Å²) in [5, 5.41) is 11.0. The normalized spacial score (nSPS) is 15.5. The van der Waals surface area contributed by atoms with Crippen molar-refractivity contribution in [2.75, 3.05) is 31.1 Å². The van der Waals surface area contributed by atoms with Gasteiger partial charge in [0.2, 0.25) is 5.15 Å². The van der Waals surface area contributed by atoms with Crippen molar-refractivity contribution in [1.82, 2.24) is 9.88 Å². The van der Waals surface area contributed by atoms with Gasteiger partial charge >= 0.3 is 11.8 Å². The minimum absolute atomic E-state index is 0.137. The van der Waals surface area contributed by atoms with E-state index in [1.165, 1.54) is 6.20 Å². The van der Waals surface area contributed by atoms with Crippen LogP contribution in [0.2, 0.25) is 5.15 Å². The highest BCUT2D eigenvalue weighted by atomic mass is 35.5. The molecule has 126 valence electrons. The summed E-state index contributed by atoms with van der Waals surface area (Å²) >= 11 is 5.83. The molecule has 0 spiro atoms. The predicted molar refractivity (Wildman–Crippen MR) is 85.9 cm³/mol. The molecule has 1 saturated heterocycles. The molecule has 9 heteroatoms. The van der Waals surface area contributed by atoms with E-state index in [1.807, 2.05) is 25.7 Å². The lowest BCUT2D eigenvalue weighted by atomic mass is 10.2. The number of amides is 1. The van der Waals surface area contributed by atoms with Gasteiger partial charge in [-0.15, -0.1) is 0 Å². The number of carbonyl (C=O) groups is 1. The zero-order valence-electron chi connectivity index (χ0n) is 13.3. The van der Waals surface area contributed by atoms with Crippen LogP contribution in [0.3, 0.4) is 0 Å². The summed E-state index contributed by atoms with van der Waals surface area (Å²) in [6, 6.07) is 1.56. The first-order valence-corrected chi connectivity index (χ1v) is 7.58. The molecule has 0 atom stereocenters. The molecule has 1 aromatic rings. The number of halogens is 1. The van der Waals surface area contributed by atoms with Gasteiger partial charge in [-0.3, -0.25) is 10.1 Å². The Morgan fingerprint density at radius 2 is 1.96 bits per heavy atom. The molecule has 1 aliphatic heterocycles. The average molecular weight is 343 g/mol. The zero-order chi connectivity index (χ0) is 17.2. The second-order valence-electron chi connectivity index (χ2n) is 6.18. The number of nitro groups is 1. The van der Waals surface area contributed by atoms with Gasteiger partial charge in [-0.1, -0.05) is 11.6 Å². The molecule has 0 N–H and O–H groups in total. The number of rotatable bonds is 2. The minimum atomic E-state index is -0.550. The van der Waals surface area contributed by atoms with Crippen LogP contribution in [0.5, 0.6) is 0 Å². The van der Waals surface area contributed by atoms with Crippen LogP contribution in [0.1, 0.15) is 20.8 Å². The molecular weight excluding hydrogens is 324 g/mol. The summed E-state index contributed by atoms with van der Waals surface area (Å²) in [4.78, 5) is 29.9. The van der Waals surface area contributed by atoms with Gasteiger partial charge in [0.25, 0.3) is 0 Å². The van der Waals surface area contributed by atoms with E-state index in [4.69, 9.17) is 16.3 Å². The molecule has 1 fully saturated rings. The SMILES string of the molecule is CC(C)(C)OC(=O)N1CCN(c2ccnc(Cl)c2[N+](=O)[O-])CC1. The third-order valence-corrected chi connectivity index (χ3v) is 3.59. The van der Waals surface area contributed by atoms with Crippen molar-refractivity contribution < 1.29 is 14.5 Å². The van der Waals surface area contributed by atoms with Crippen LogP contribution < -0.4 is 4.90 Å².